The van der Waals surface area contributed by atoms with E-state index in [2.05, 4.69) is 15.7 Å². The van der Waals surface area contributed by atoms with Crippen LogP contribution in [0.3, 0.4) is 0 Å². The monoisotopic (exact) mass is 286 g/mol. The predicted octanol–water partition coefficient (Wildman–Crippen LogP) is 1.66. The van der Waals surface area contributed by atoms with Crippen molar-refractivity contribution in [1.82, 2.24) is 15.1 Å². The smallest absolute Gasteiger partial charge is 0.251 e. The average molecular weight is 286 g/mol. The Hall–Kier alpha value is -2.63. The van der Waals surface area contributed by atoms with Gasteiger partial charge in [0.1, 0.15) is 0 Å². The molecule has 2 N–H and O–H groups in total. The summed E-state index contributed by atoms with van der Waals surface area (Å²) < 4.78 is 1.77. The zero-order chi connectivity index (χ0) is 15.2. The minimum atomic E-state index is -0.149. The van der Waals surface area contributed by atoms with Crippen LogP contribution in [0.1, 0.15) is 24.2 Å². The Balaban J connectivity index is 1.91. The van der Waals surface area contributed by atoms with Crippen molar-refractivity contribution in [2.24, 2.45) is 0 Å². The van der Waals surface area contributed by atoms with Crippen molar-refractivity contribution in [3.63, 3.8) is 0 Å². The first kappa shape index (κ1) is 14.8. The summed E-state index contributed by atoms with van der Waals surface area (Å²) >= 11 is 0. The molecule has 2 rings (SSSR count). The zero-order valence-corrected chi connectivity index (χ0v) is 12.0. The lowest BCUT2D eigenvalue weighted by Crippen LogP contribution is -2.35. The quantitative estimate of drug-likeness (QED) is 0.877. The summed E-state index contributed by atoms with van der Waals surface area (Å²) in [6.45, 7) is 3.98. The number of nitrogens with one attached hydrogen (secondary N) is 2. The minimum absolute atomic E-state index is 0.0348. The molecule has 0 radical (unpaired) electrons. The first-order valence-electron chi connectivity index (χ1n) is 6.70. The minimum Gasteiger partial charge on any atom is -0.348 e. The van der Waals surface area contributed by atoms with Gasteiger partial charge < -0.3 is 10.6 Å². The second-order valence-electron chi connectivity index (χ2n) is 4.86. The van der Waals surface area contributed by atoms with E-state index in [0.29, 0.717) is 17.8 Å². The molecule has 110 valence electrons. The molecule has 1 heterocycles. The van der Waals surface area contributed by atoms with Crippen LogP contribution < -0.4 is 10.6 Å². The van der Waals surface area contributed by atoms with Crippen LogP contribution in [-0.4, -0.2) is 27.6 Å². The molecule has 0 bridgehead atoms. The van der Waals surface area contributed by atoms with Crippen LogP contribution in [0.25, 0.3) is 0 Å². The third-order valence-corrected chi connectivity index (χ3v) is 2.87. The first-order chi connectivity index (χ1) is 10.0. The lowest BCUT2D eigenvalue weighted by Gasteiger charge is -2.14. The van der Waals surface area contributed by atoms with Gasteiger partial charge in [0.2, 0.25) is 5.91 Å². The molecule has 0 aliphatic carbocycles. The molecule has 1 aromatic carbocycles. The van der Waals surface area contributed by atoms with Gasteiger partial charge >= 0.3 is 0 Å². The molecule has 0 aliphatic heterocycles. The summed E-state index contributed by atoms with van der Waals surface area (Å²) in [6, 6.07) is 8.58. The van der Waals surface area contributed by atoms with Crippen LogP contribution in [0.2, 0.25) is 0 Å². The van der Waals surface area contributed by atoms with Gasteiger partial charge in [0.15, 0.2) is 0 Å². The summed E-state index contributed by atoms with van der Waals surface area (Å²) in [6.07, 6.45) is 3.56. The first-order valence-corrected chi connectivity index (χ1v) is 6.70. The second-order valence-corrected chi connectivity index (χ2v) is 4.86. The lowest BCUT2D eigenvalue weighted by atomic mass is 10.2. The van der Waals surface area contributed by atoms with Crippen molar-refractivity contribution in [2.75, 3.05) is 5.32 Å². The number of carbonyl (C=O) groups excluding carboxylic acids is 2. The van der Waals surface area contributed by atoms with Gasteiger partial charge in [-0.15, -0.1) is 0 Å². The molecule has 6 nitrogen and oxygen atoms in total. The summed E-state index contributed by atoms with van der Waals surface area (Å²) in [5, 5.41) is 9.67. The standard InChI is InChI=1S/C15H18N4O2/c1-11(10-19-9-3-8-16-19)17-15(21)13-4-6-14(7-5-13)18-12(2)20/h3-9,11H,10H2,1-2H3,(H,17,21)(H,18,20)/t11-/m0/s1. The number of benzene rings is 1. The van der Waals surface area contributed by atoms with Crippen molar-refractivity contribution in [3.8, 4) is 0 Å². The third kappa shape index (κ3) is 4.45. The van der Waals surface area contributed by atoms with E-state index in [1.165, 1.54) is 6.92 Å². The lowest BCUT2D eigenvalue weighted by molar-refractivity contribution is -0.114. The van der Waals surface area contributed by atoms with Crippen LogP contribution in [0, 0.1) is 0 Å². The van der Waals surface area contributed by atoms with E-state index in [1.54, 1.807) is 35.1 Å². The number of rotatable bonds is 5. The van der Waals surface area contributed by atoms with E-state index in [4.69, 9.17) is 0 Å². The number of nitrogens with zero attached hydrogens (tertiary/aromatic N) is 2. The molecular formula is C15H18N4O2. The van der Waals surface area contributed by atoms with Gasteiger partial charge in [-0.1, -0.05) is 0 Å². The molecule has 0 spiro atoms. The Kier molecular flexibility index (Phi) is 4.71. The van der Waals surface area contributed by atoms with Gasteiger partial charge in [0, 0.05) is 36.6 Å². The summed E-state index contributed by atoms with van der Waals surface area (Å²) in [5.74, 6) is -0.288. The molecular weight excluding hydrogens is 268 g/mol. The highest BCUT2D eigenvalue weighted by Crippen LogP contribution is 2.09. The number of amides is 2. The van der Waals surface area contributed by atoms with Crippen molar-refractivity contribution < 1.29 is 9.59 Å². The Labute approximate surface area is 123 Å². The number of anilines is 1. The SMILES string of the molecule is CC(=O)Nc1ccc(C(=O)N[C@@H](C)Cn2cccn2)cc1. The molecule has 0 saturated heterocycles. The molecule has 0 saturated carbocycles. The maximum atomic E-state index is 12.1. The number of carbonyl (C=O) groups is 2. The largest absolute Gasteiger partial charge is 0.348 e. The van der Waals surface area contributed by atoms with E-state index < -0.39 is 0 Å². The summed E-state index contributed by atoms with van der Waals surface area (Å²) in [5.41, 5.74) is 1.22. The Bertz CT molecular complexity index is 605. The molecule has 0 fully saturated rings. The highest BCUT2D eigenvalue weighted by molar-refractivity contribution is 5.95. The summed E-state index contributed by atoms with van der Waals surface area (Å²) in [4.78, 5) is 23.0. The van der Waals surface area contributed by atoms with Gasteiger partial charge in [0.05, 0.1) is 6.54 Å². The van der Waals surface area contributed by atoms with Gasteiger partial charge in [0.25, 0.3) is 5.91 Å². The van der Waals surface area contributed by atoms with E-state index in [1.807, 2.05) is 19.2 Å². The average Bonchev–Trinajstić information content (AvgIpc) is 2.91. The third-order valence-electron chi connectivity index (χ3n) is 2.87. The molecule has 1 aromatic heterocycles. The van der Waals surface area contributed by atoms with E-state index in [0.717, 1.165) is 0 Å². The van der Waals surface area contributed by atoms with Crippen molar-refractivity contribution >= 4 is 17.5 Å². The number of hydrogen-bond acceptors (Lipinski definition) is 3. The fraction of sp³-hybridized carbons (Fsp3) is 0.267. The maximum Gasteiger partial charge on any atom is 0.251 e. The van der Waals surface area contributed by atoms with Crippen molar-refractivity contribution in [1.29, 1.82) is 0 Å². The van der Waals surface area contributed by atoms with Crippen LogP contribution in [0.5, 0.6) is 0 Å². The van der Waals surface area contributed by atoms with E-state index in [-0.39, 0.29) is 17.9 Å². The fourth-order valence-corrected chi connectivity index (χ4v) is 1.95. The van der Waals surface area contributed by atoms with Gasteiger partial charge in [-0.3, -0.25) is 14.3 Å². The van der Waals surface area contributed by atoms with Crippen LogP contribution in [0.4, 0.5) is 5.69 Å². The van der Waals surface area contributed by atoms with Crippen LogP contribution in [-0.2, 0) is 11.3 Å². The molecule has 1 atom stereocenters. The second kappa shape index (κ2) is 6.69. The van der Waals surface area contributed by atoms with E-state index in [9.17, 15) is 9.59 Å². The van der Waals surface area contributed by atoms with Gasteiger partial charge in [-0.05, 0) is 37.3 Å². The summed E-state index contributed by atoms with van der Waals surface area (Å²) in [7, 11) is 0. The van der Waals surface area contributed by atoms with Gasteiger partial charge in [-0.25, -0.2) is 0 Å². The van der Waals surface area contributed by atoms with Crippen molar-refractivity contribution in [3.05, 3.63) is 48.3 Å². The molecule has 0 aliphatic rings. The van der Waals surface area contributed by atoms with E-state index >= 15 is 0 Å². The highest BCUT2D eigenvalue weighted by atomic mass is 16.2. The molecule has 6 heteroatoms. The van der Waals surface area contributed by atoms with Gasteiger partial charge in [-0.2, -0.15) is 5.10 Å². The molecule has 21 heavy (non-hydrogen) atoms. The van der Waals surface area contributed by atoms with Crippen LogP contribution in [0.15, 0.2) is 42.7 Å². The van der Waals surface area contributed by atoms with Crippen LogP contribution >= 0.6 is 0 Å². The fourth-order valence-electron chi connectivity index (χ4n) is 1.95. The molecule has 2 aromatic rings. The van der Waals surface area contributed by atoms with Crippen molar-refractivity contribution in [2.45, 2.75) is 26.4 Å². The predicted molar refractivity (Wildman–Crippen MR) is 79.9 cm³/mol. The highest BCUT2D eigenvalue weighted by Gasteiger charge is 2.10. The Morgan fingerprint density at radius 3 is 2.57 bits per heavy atom. The normalized spacial score (nSPS) is 11.7. The Morgan fingerprint density at radius 2 is 2.00 bits per heavy atom. The topological polar surface area (TPSA) is 76.0 Å². The molecule has 2 amide bonds. The maximum absolute atomic E-state index is 12.1. The Morgan fingerprint density at radius 1 is 1.29 bits per heavy atom. The number of aromatic nitrogens is 2. The number of hydrogen-bond donors (Lipinski definition) is 2. The zero-order valence-electron chi connectivity index (χ0n) is 12.0. The molecule has 0 unspecified atom stereocenters.